The maximum atomic E-state index is 12.7. The van der Waals surface area contributed by atoms with Crippen LogP contribution in [0, 0.1) is 5.92 Å². The maximum absolute atomic E-state index is 12.7. The summed E-state index contributed by atoms with van der Waals surface area (Å²) in [5.74, 6) is -3.16. The van der Waals surface area contributed by atoms with E-state index in [4.69, 9.17) is 11.6 Å². The van der Waals surface area contributed by atoms with Gasteiger partial charge in [0, 0.05) is 12.2 Å². The fourth-order valence-electron chi connectivity index (χ4n) is 2.57. The van der Waals surface area contributed by atoms with E-state index in [1.54, 1.807) is 25.1 Å². The Hall–Kier alpha value is -2.87. The zero-order valence-electron chi connectivity index (χ0n) is 15.0. The standard InChI is InChI=1S/C18H21ClN4O4/c1-3-5-10-23-17(26)14(16(25)20-18(23)27)13(4-2)21-22-15(24)11-8-6-7-9-12(11)19/h4,6-9,14,21H,3,5,10H2,1-2H3,(H,22,24)(H,20,25,27)/b13-4-/t14-/m0/s1. The van der Waals surface area contributed by atoms with Crippen molar-refractivity contribution >= 4 is 35.4 Å². The smallest absolute Gasteiger partial charge is 0.301 e. The van der Waals surface area contributed by atoms with E-state index in [0.29, 0.717) is 6.42 Å². The number of carbonyl (C=O) groups is 4. The van der Waals surface area contributed by atoms with Crippen molar-refractivity contribution in [1.82, 2.24) is 21.1 Å². The largest absolute Gasteiger partial charge is 0.330 e. The Balaban J connectivity index is 2.12. The van der Waals surface area contributed by atoms with Gasteiger partial charge in [0.25, 0.3) is 5.91 Å². The van der Waals surface area contributed by atoms with E-state index < -0.39 is 29.7 Å². The molecule has 1 atom stereocenters. The van der Waals surface area contributed by atoms with E-state index in [1.165, 1.54) is 12.1 Å². The molecule has 1 aromatic carbocycles. The maximum Gasteiger partial charge on any atom is 0.330 e. The van der Waals surface area contributed by atoms with Gasteiger partial charge in [0.2, 0.25) is 11.8 Å². The predicted octanol–water partition coefficient (Wildman–Crippen LogP) is 1.97. The normalized spacial score (nSPS) is 17.6. The quantitative estimate of drug-likeness (QED) is 0.485. The molecule has 1 saturated heterocycles. The molecule has 0 radical (unpaired) electrons. The molecule has 2 rings (SSSR count). The molecule has 0 aliphatic carbocycles. The van der Waals surface area contributed by atoms with Crippen LogP contribution < -0.4 is 16.2 Å². The molecule has 1 fully saturated rings. The van der Waals surface area contributed by atoms with E-state index in [2.05, 4.69) is 16.2 Å². The highest BCUT2D eigenvalue weighted by Crippen LogP contribution is 2.18. The summed E-state index contributed by atoms with van der Waals surface area (Å²) < 4.78 is 0. The molecule has 8 nitrogen and oxygen atoms in total. The molecule has 1 heterocycles. The van der Waals surface area contributed by atoms with Crippen LogP contribution in [0.4, 0.5) is 4.79 Å². The molecule has 1 aliphatic heterocycles. The number of imide groups is 2. The number of carbonyl (C=O) groups excluding carboxylic acids is 4. The van der Waals surface area contributed by atoms with Gasteiger partial charge in [-0.25, -0.2) is 4.79 Å². The molecule has 1 aromatic rings. The highest BCUT2D eigenvalue weighted by Gasteiger charge is 2.42. The molecule has 0 aromatic heterocycles. The van der Waals surface area contributed by atoms with Gasteiger partial charge < -0.3 is 5.43 Å². The lowest BCUT2D eigenvalue weighted by Gasteiger charge is -2.31. The second-order valence-corrected chi connectivity index (χ2v) is 6.28. The molecule has 144 valence electrons. The molecule has 3 N–H and O–H groups in total. The molecule has 5 amide bonds. The topological polar surface area (TPSA) is 108 Å². The lowest BCUT2D eigenvalue weighted by Crippen LogP contribution is -2.60. The van der Waals surface area contributed by atoms with Gasteiger partial charge in [-0.15, -0.1) is 0 Å². The fourth-order valence-corrected chi connectivity index (χ4v) is 2.79. The number of unbranched alkanes of at least 4 members (excludes halogenated alkanes) is 1. The summed E-state index contributed by atoms with van der Waals surface area (Å²) in [6.07, 6.45) is 2.91. The molecule has 0 bridgehead atoms. The Labute approximate surface area is 161 Å². The van der Waals surface area contributed by atoms with Crippen LogP contribution in [0.5, 0.6) is 0 Å². The van der Waals surface area contributed by atoms with Crippen LogP contribution in [0.2, 0.25) is 5.02 Å². The Morgan fingerprint density at radius 2 is 1.96 bits per heavy atom. The molecular formula is C18H21ClN4O4. The van der Waals surface area contributed by atoms with Crippen LogP contribution in [-0.4, -0.2) is 35.2 Å². The van der Waals surface area contributed by atoms with Crippen LogP contribution in [0.25, 0.3) is 0 Å². The van der Waals surface area contributed by atoms with Gasteiger partial charge >= 0.3 is 6.03 Å². The van der Waals surface area contributed by atoms with E-state index in [9.17, 15) is 19.2 Å². The SMILES string of the molecule is C/C=C(\NNC(=O)c1ccccc1Cl)[C@H]1C(=O)NC(=O)N(CCCC)C1=O. The molecule has 27 heavy (non-hydrogen) atoms. The minimum Gasteiger partial charge on any atom is -0.301 e. The molecule has 0 unspecified atom stereocenters. The number of amides is 5. The zero-order valence-corrected chi connectivity index (χ0v) is 15.8. The predicted molar refractivity (Wildman–Crippen MR) is 99.5 cm³/mol. The van der Waals surface area contributed by atoms with Gasteiger partial charge in [0.05, 0.1) is 10.6 Å². The number of hydrogen-bond acceptors (Lipinski definition) is 5. The summed E-state index contributed by atoms with van der Waals surface area (Å²) in [6, 6.07) is 5.73. The van der Waals surface area contributed by atoms with E-state index in [-0.39, 0.29) is 22.8 Å². The van der Waals surface area contributed by atoms with Crippen molar-refractivity contribution in [3.8, 4) is 0 Å². The van der Waals surface area contributed by atoms with Gasteiger partial charge in [0.15, 0.2) is 5.92 Å². The molecular weight excluding hydrogens is 372 g/mol. The van der Waals surface area contributed by atoms with Crippen LogP contribution in [0.15, 0.2) is 36.0 Å². The first-order valence-corrected chi connectivity index (χ1v) is 8.91. The number of allylic oxidation sites excluding steroid dienone is 1. The van der Waals surface area contributed by atoms with E-state index in [1.807, 2.05) is 6.92 Å². The number of benzene rings is 1. The number of rotatable bonds is 7. The third-order valence-corrected chi connectivity index (χ3v) is 4.38. The Bertz CT molecular complexity index is 793. The van der Waals surface area contributed by atoms with Gasteiger partial charge in [-0.1, -0.05) is 43.2 Å². The zero-order chi connectivity index (χ0) is 20.0. The van der Waals surface area contributed by atoms with Crippen molar-refractivity contribution in [2.24, 2.45) is 5.92 Å². The number of halogens is 1. The summed E-state index contributed by atoms with van der Waals surface area (Å²) in [4.78, 5) is 50.0. The van der Waals surface area contributed by atoms with Crippen molar-refractivity contribution in [3.63, 3.8) is 0 Å². The average molecular weight is 393 g/mol. The van der Waals surface area contributed by atoms with Crippen molar-refractivity contribution in [2.45, 2.75) is 26.7 Å². The highest BCUT2D eigenvalue weighted by atomic mass is 35.5. The summed E-state index contributed by atoms with van der Waals surface area (Å²) >= 11 is 5.98. The first-order valence-electron chi connectivity index (χ1n) is 8.54. The lowest BCUT2D eigenvalue weighted by atomic mass is 10.00. The number of nitrogens with one attached hydrogen (secondary N) is 3. The van der Waals surface area contributed by atoms with Crippen molar-refractivity contribution < 1.29 is 19.2 Å². The molecule has 0 spiro atoms. The van der Waals surface area contributed by atoms with E-state index in [0.717, 1.165) is 11.3 Å². The number of hydrazine groups is 1. The van der Waals surface area contributed by atoms with Crippen molar-refractivity contribution in [2.75, 3.05) is 6.54 Å². The summed E-state index contributed by atoms with van der Waals surface area (Å²) in [6.45, 7) is 3.75. The Morgan fingerprint density at radius 1 is 1.26 bits per heavy atom. The minimum atomic E-state index is -1.25. The van der Waals surface area contributed by atoms with Crippen LogP contribution >= 0.6 is 11.6 Å². The van der Waals surface area contributed by atoms with Crippen LogP contribution in [0.1, 0.15) is 37.0 Å². The Kier molecular flexibility index (Phi) is 6.95. The van der Waals surface area contributed by atoms with Gasteiger partial charge in [-0.05, 0) is 25.5 Å². The first kappa shape index (κ1) is 20.4. The van der Waals surface area contributed by atoms with Crippen molar-refractivity contribution in [3.05, 3.63) is 46.6 Å². The number of hydrogen-bond donors (Lipinski definition) is 3. The third-order valence-electron chi connectivity index (χ3n) is 4.05. The summed E-state index contributed by atoms with van der Waals surface area (Å²) in [5.41, 5.74) is 5.42. The molecule has 0 saturated carbocycles. The molecule has 9 heteroatoms. The average Bonchev–Trinajstić information content (AvgIpc) is 2.64. The number of urea groups is 1. The number of barbiturate groups is 1. The van der Waals surface area contributed by atoms with Crippen LogP contribution in [-0.2, 0) is 9.59 Å². The van der Waals surface area contributed by atoms with E-state index >= 15 is 0 Å². The second kappa shape index (κ2) is 9.18. The van der Waals surface area contributed by atoms with Gasteiger partial charge in [0.1, 0.15) is 0 Å². The second-order valence-electron chi connectivity index (χ2n) is 5.87. The summed E-state index contributed by atoms with van der Waals surface area (Å²) in [7, 11) is 0. The van der Waals surface area contributed by atoms with Gasteiger partial charge in [-0.3, -0.25) is 30.0 Å². The monoisotopic (exact) mass is 392 g/mol. The Morgan fingerprint density at radius 3 is 2.59 bits per heavy atom. The highest BCUT2D eigenvalue weighted by molar-refractivity contribution is 6.33. The fraction of sp³-hybridized carbons (Fsp3) is 0.333. The minimum absolute atomic E-state index is 0.159. The van der Waals surface area contributed by atoms with Crippen LogP contribution in [0.3, 0.4) is 0 Å². The number of nitrogens with zero attached hydrogens (tertiary/aromatic N) is 1. The van der Waals surface area contributed by atoms with Crippen molar-refractivity contribution in [1.29, 1.82) is 0 Å². The lowest BCUT2D eigenvalue weighted by molar-refractivity contribution is -0.141. The first-order chi connectivity index (χ1) is 12.9. The third kappa shape index (κ3) is 4.65. The summed E-state index contributed by atoms with van der Waals surface area (Å²) in [5, 5.41) is 2.44. The molecule has 1 aliphatic rings. The van der Waals surface area contributed by atoms with Gasteiger partial charge in [-0.2, -0.15) is 0 Å².